The van der Waals surface area contributed by atoms with Gasteiger partial charge in [0.2, 0.25) is 5.95 Å². The SMILES string of the molecule is O=C(Nc1nccc(N2CCN(c3cccc(F)c3)CC2)n1)c1cncs1. The molecule has 2 aromatic heterocycles. The summed E-state index contributed by atoms with van der Waals surface area (Å²) in [5.74, 6) is 0.514. The fourth-order valence-electron chi connectivity index (χ4n) is 2.94. The summed E-state index contributed by atoms with van der Waals surface area (Å²) in [6.45, 7) is 3.01. The van der Waals surface area contributed by atoms with Gasteiger partial charge in [0.05, 0.1) is 11.7 Å². The maximum atomic E-state index is 13.4. The molecule has 1 saturated heterocycles. The van der Waals surface area contributed by atoms with Gasteiger partial charge in [0.25, 0.3) is 5.91 Å². The van der Waals surface area contributed by atoms with Crippen molar-refractivity contribution in [1.29, 1.82) is 0 Å². The second-order valence-electron chi connectivity index (χ2n) is 6.01. The van der Waals surface area contributed by atoms with E-state index in [0.29, 0.717) is 4.88 Å². The molecule has 0 unspecified atom stereocenters. The average molecular weight is 384 g/mol. The number of carbonyl (C=O) groups excluding carboxylic acids is 1. The van der Waals surface area contributed by atoms with Crippen molar-refractivity contribution >= 4 is 34.7 Å². The average Bonchev–Trinajstić information content (AvgIpc) is 3.23. The highest BCUT2D eigenvalue weighted by Crippen LogP contribution is 2.20. The van der Waals surface area contributed by atoms with Gasteiger partial charge in [0.15, 0.2) is 0 Å². The summed E-state index contributed by atoms with van der Waals surface area (Å²) in [5.41, 5.74) is 2.49. The van der Waals surface area contributed by atoms with E-state index in [0.717, 1.165) is 37.7 Å². The van der Waals surface area contributed by atoms with Crippen LogP contribution >= 0.6 is 11.3 Å². The summed E-state index contributed by atoms with van der Waals surface area (Å²) >= 11 is 1.26. The predicted octanol–water partition coefficient (Wildman–Crippen LogP) is 2.65. The van der Waals surface area contributed by atoms with Gasteiger partial charge < -0.3 is 9.80 Å². The number of hydrogen-bond donors (Lipinski definition) is 1. The number of rotatable bonds is 4. The first-order valence-corrected chi connectivity index (χ1v) is 9.35. The summed E-state index contributed by atoms with van der Waals surface area (Å²) in [5, 5.41) is 2.70. The third-order valence-corrected chi connectivity index (χ3v) is 5.07. The number of nitrogens with zero attached hydrogens (tertiary/aromatic N) is 5. The maximum absolute atomic E-state index is 13.4. The molecule has 1 aromatic carbocycles. The first-order chi connectivity index (χ1) is 13.2. The monoisotopic (exact) mass is 384 g/mol. The molecule has 1 aliphatic heterocycles. The maximum Gasteiger partial charge on any atom is 0.269 e. The van der Waals surface area contributed by atoms with Crippen LogP contribution in [0.25, 0.3) is 0 Å². The molecule has 3 heterocycles. The summed E-state index contributed by atoms with van der Waals surface area (Å²) < 4.78 is 13.4. The zero-order valence-corrected chi connectivity index (χ0v) is 15.2. The normalized spacial score (nSPS) is 14.3. The Hall–Kier alpha value is -3.07. The Bertz CT molecular complexity index is 927. The molecule has 27 heavy (non-hydrogen) atoms. The molecule has 0 bridgehead atoms. The fourth-order valence-corrected chi connectivity index (χ4v) is 3.46. The standard InChI is InChI=1S/C18H17FN6OS/c19-13-2-1-3-14(10-13)24-6-8-25(9-7-24)16-4-5-21-18(22-16)23-17(26)15-11-20-12-27-15/h1-5,10-12H,6-9H2,(H,21,22,23,26). The van der Waals surface area contributed by atoms with Crippen molar-refractivity contribution in [3.05, 3.63) is 58.9 Å². The Kier molecular flexibility index (Phi) is 4.93. The number of piperazine rings is 1. The van der Waals surface area contributed by atoms with Crippen molar-refractivity contribution in [2.45, 2.75) is 0 Å². The Morgan fingerprint density at radius 2 is 1.96 bits per heavy atom. The molecule has 3 aromatic rings. The van der Waals surface area contributed by atoms with Crippen LogP contribution in [0.15, 0.2) is 48.2 Å². The summed E-state index contributed by atoms with van der Waals surface area (Å²) in [6, 6.07) is 8.45. The van der Waals surface area contributed by atoms with Crippen LogP contribution < -0.4 is 15.1 Å². The van der Waals surface area contributed by atoms with Crippen LogP contribution in [0.1, 0.15) is 9.67 Å². The van der Waals surface area contributed by atoms with Crippen LogP contribution in [0.3, 0.4) is 0 Å². The molecule has 138 valence electrons. The number of halogens is 1. The molecule has 0 saturated carbocycles. The topological polar surface area (TPSA) is 74.2 Å². The van der Waals surface area contributed by atoms with Crippen molar-refractivity contribution in [2.24, 2.45) is 0 Å². The molecule has 4 rings (SSSR count). The Balaban J connectivity index is 1.40. The minimum absolute atomic E-state index is 0.230. The highest BCUT2D eigenvalue weighted by molar-refractivity contribution is 7.11. The van der Waals surface area contributed by atoms with Crippen molar-refractivity contribution in [2.75, 3.05) is 41.3 Å². The number of thiazole rings is 1. The summed E-state index contributed by atoms with van der Waals surface area (Å²) in [6.07, 6.45) is 3.14. The van der Waals surface area contributed by atoms with Crippen LogP contribution in [0, 0.1) is 5.82 Å². The van der Waals surface area contributed by atoms with E-state index < -0.39 is 0 Å². The van der Waals surface area contributed by atoms with E-state index in [9.17, 15) is 9.18 Å². The third kappa shape index (κ3) is 4.03. The van der Waals surface area contributed by atoms with Gasteiger partial charge >= 0.3 is 0 Å². The van der Waals surface area contributed by atoms with Gasteiger partial charge in [-0.2, -0.15) is 4.98 Å². The third-order valence-electron chi connectivity index (χ3n) is 4.30. The molecule has 0 spiro atoms. The van der Waals surface area contributed by atoms with Gasteiger partial charge in [0, 0.05) is 38.1 Å². The lowest BCUT2D eigenvalue weighted by Crippen LogP contribution is -2.46. The highest BCUT2D eigenvalue weighted by Gasteiger charge is 2.19. The number of aromatic nitrogens is 3. The largest absolute Gasteiger partial charge is 0.368 e. The Morgan fingerprint density at radius 3 is 2.70 bits per heavy atom. The van der Waals surface area contributed by atoms with Gasteiger partial charge in [-0.15, -0.1) is 11.3 Å². The lowest BCUT2D eigenvalue weighted by molar-refractivity contribution is 0.102. The molecule has 0 aliphatic carbocycles. The van der Waals surface area contributed by atoms with Crippen LogP contribution in [0.4, 0.5) is 21.8 Å². The van der Waals surface area contributed by atoms with Crippen LogP contribution in [0.5, 0.6) is 0 Å². The molecule has 0 radical (unpaired) electrons. The van der Waals surface area contributed by atoms with E-state index in [1.54, 1.807) is 23.8 Å². The zero-order chi connectivity index (χ0) is 18.6. The molecule has 7 nitrogen and oxygen atoms in total. The molecule has 1 aliphatic rings. The smallest absolute Gasteiger partial charge is 0.269 e. The van der Waals surface area contributed by atoms with E-state index >= 15 is 0 Å². The summed E-state index contributed by atoms with van der Waals surface area (Å²) in [7, 11) is 0. The number of carbonyl (C=O) groups is 1. The van der Waals surface area contributed by atoms with E-state index in [2.05, 4.69) is 30.1 Å². The number of anilines is 3. The number of benzene rings is 1. The second-order valence-corrected chi connectivity index (χ2v) is 6.90. The van der Waals surface area contributed by atoms with E-state index in [1.807, 2.05) is 12.1 Å². The van der Waals surface area contributed by atoms with E-state index in [-0.39, 0.29) is 17.7 Å². The first kappa shape index (κ1) is 17.3. The molecule has 9 heteroatoms. The van der Waals surface area contributed by atoms with Crippen LogP contribution in [-0.2, 0) is 0 Å². The van der Waals surface area contributed by atoms with E-state index in [4.69, 9.17) is 0 Å². The zero-order valence-electron chi connectivity index (χ0n) is 14.4. The molecular formula is C18H17FN6OS. The molecule has 1 amide bonds. The van der Waals surface area contributed by atoms with Gasteiger partial charge in [-0.3, -0.25) is 15.1 Å². The van der Waals surface area contributed by atoms with Crippen molar-refractivity contribution in [1.82, 2.24) is 15.0 Å². The second kappa shape index (κ2) is 7.67. The highest BCUT2D eigenvalue weighted by atomic mass is 32.1. The number of nitrogens with one attached hydrogen (secondary N) is 1. The lowest BCUT2D eigenvalue weighted by atomic mass is 10.2. The lowest BCUT2D eigenvalue weighted by Gasteiger charge is -2.36. The quantitative estimate of drug-likeness (QED) is 0.746. The number of hydrogen-bond acceptors (Lipinski definition) is 7. The minimum Gasteiger partial charge on any atom is -0.368 e. The molecule has 1 N–H and O–H groups in total. The minimum atomic E-state index is -0.273. The fraction of sp³-hybridized carbons (Fsp3) is 0.222. The first-order valence-electron chi connectivity index (χ1n) is 8.47. The van der Waals surface area contributed by atoms with Gasteiger partial charge in [-0.1, -0.05) is 6.07 Å². The van der Waals surface area contributed by atoms with Crippen molar-refractivity contribution < 1.29 is 9.18 Å². The van der Waals surface area contributed by atoms with E-state index in [1.165, 1.54) is 23.6 Å². The molecule has 0 atom stereocenters. The molecule has 1 fully saturated rings. The summed E-state index contributed by atoms with van der Waals surface area (Å²) in [4.78, 5) is 29.4. The van der Waals surface area contributed by atoms with Crippen LogP contribution in [0.2, 0.25) is 0 Å². The number of amides is 1. The molecular weight excluding hydrogens is 367 g/mol. The van der Waals surface area contributed by atoms with Gasteiger partial charge in [-0.05, 0) is 24.3 Å². The predicted molar refractivity (Wildman–Crippen MR) is 103 cm³/mol. The Labute approximate surface area is 159 Å². The van der Waals surface area contributed by atoms with Crippen LogP contribution in [-0.4, -0.2) is 47.0 Å². The Morgan fingerprint density at radius 1 is 1.15 bits per heavy atom. The van der Waals surface area contributed by atoms with Crippen molar-refractivity contribution in [3.63, 3.8) is 0 Å². The van der Waals surface area contributed by atoms with Crippen molar-refractivity contribution in [3.8, 4) is 0 Å². The van der Waals surface area contributed by atoms with Gasteiger partial charge in [-0.25, -0.2) is 9.37 Å². The van der Waals surface area contributed by atoms with Gasteiger partial charge in [0.1, 0.15) is 16.5 Å².